The lowest BCUT2D eigenvalue weighted by Gasteiger charge is -2.39. The molecule has 1 fully saturated rings. The molecule has 0 bridgehead atoms. The molecule has 214 valence electrons. The third kappa shape index (κ3) is 8.96. The molecule has 0 aromatic carbocycles. The van der Waals surface area contributed by atoms with E-state index in [1.165, 1.54) is 0 Å². The predicted molar refractivity (Wildman–Crippen MR) is 151 cm³/mol. The molecule has 0 aliphatic carbocycles. The van der Waals surface area contributed by atoms with Gasteiger partial charge in [0.1, 0.15) is 6.04 Å². The number of likely N-dealkylation sites (tertiary alicyclic amines) is 1. The topological polar surface area (TPSA) is 99.6 Å². The second-order valence-electron chi connectivity index (χ2n) is 11.5. The van der Waals surface area contributed by atoms with E-state index in [4.69, 9.17) is 0 Å². The number of rotatable bonds is 13. The monoisotopic (exact) mass is 530 g/mol. The van der Waals surface area contributed by atoms with Gasteiger partial charge in [-0.15, -0.1) is 0 Å². The molecule has 1 aromatic heterocycles. The van der Waals surface area contributed by atoms with Crippen LogP contribution in [-0.4, -0.2) is 81.4 Å². The van der Waals surface area contributed by atoms with E-state index in [1.54, 1.807) is 31.4 Å². The highest BCUT2D eigenvalue weighted by Crippen LogP contribution is 2.21. The SMILES string of the molecule is C/C(=C\[C@H](C(C)C)N(C)C(=O)[C@@H](NC(=O)[C@H]1CCCCN1C(C)C)C(C)C)C(=O)NCCCn1ccnc1. The van der Waals surface area contributed by atoms with E-state index >= 15 is 0 Å². The van der Waals surface area contributed by atoms with Crippen molar-refractivity contribution < 1.29 is 14.4 Å². The van der Waals surface area contributed by atoms with E-state index < -0.39 is 6.04 Å². The summed E-state index contributed by atoms with van der Waals surface area (Å²) < 4.78 is 1.97. The van der Waals surface area contributed by atoms with Crippen LogP contribution in [0.25, 0.3) is 0 Å². The number of nitrogens with one attached hydrogen (secondary N) is 2. The molecule has 0 unspecified atom stereocenters. The van der Waals surface area contributed by atoms with E-state index in [1.807, 2.05) is 44.5 Å². The highest BCUT2D eigenvalue weighted by atomic mass is 16.2. The Balaban J connectivity index is 2.05. The molecule has 1 aromatic rings. The Morgan fingerprint density at radius 2 is 1.82 bits per heavy atom. The fourth-order valence-corrected chi connectivity index (χ4v) is 5.09. The molecule has 0 spiro atoms. The van der Waals surface area contributed by atoms with Crippen LogP contribution < -0.4 is 10.6 Å². The molecule has 38 heavy (non-hydrogen) atoms. The van der Waals surface area contributed by atoms with Crippen LogP contribution >= 0.6 is 0 Å². The molecule has 2 heterocycles. The quantitative estimate of drug-likeness (QED) is 0.301. The molecule has 3 atom stereocenters. The fourth-order valence-electron chi connectivity index (χ4n) is 5.09. The summed E-state index contributed by atoms with van der Waals surface area (Å²) in [4.78, 5) is 47.7. The third-order valence-corrected chi connectivity index (χ3v) is 7.44. The normalized spacial score (nSPS) is 18.5. The number of aryl methyl sites for hydroxylation is 1. The van der Waals surface area contributed by atoms with Crippen LogP contribution in [0.1, 0.15) is 74.1 Å². The van der Waals surface area contributed by atoms with Crippen molar-refractivity contribution in [3.05, 3.63) is 30.4 Å². The highest BCUT2D eigenvalue weighted by molar-refractivity contribution is 5.93. The van der Waals surface area contributed by atoms with Crippen molar-refractivity contribution in [2.24, 2.45) is 11.8 Å². The van der Waals surface area contributed by atoms with Gasteiger partial charge in [0.2, 0.25) is 17.7 Å². The van der Waals surface area contributed by atoms with Gasteiger partial charge >= 0.3 is 0 Å². The number of imidazole rings is 1. The number of nitrogens with zero attached hydrogens (tertiary/aromatic N) is 4. The molecular weight excluding hydrogens is 480 g/mol. The van der Waals surface area contributed by atoms with Gasteiger partial charge in [0.25, 0.3) is 0 Å². The maximum absolute atomic E-state index is 13.7. The second kappa shape index (κ2) is 15.0. The number of amides is 3. The Bertz CT molecular complexity index is 925. The lowest BCUT2D eigenvalue weighted by atomic mass is 9.95. The van der Waals surface area contributed by atoms with E-state index in [-0.39, 0.29) is 47.7 Å². The smallest absolute Gasteiger partial charge is 0.246 e. The van der Waals surface area contributed by atoms with E-state index in [2.05, 4.69) is 34.4 Å². The molecule has 2 rings (SSSR count). The summed E-state index contributed by atoms with van der Waals surface area (Å²) in [5.41, 5.74) is 0.575. The highest BCUT2D eigenvalue weighted by Gasteiger charge is 2.36. The Hall–Kier alpha value is -2.68. The number of carbonyl (C=O) groups is 3. The van der Waals surface area contributed by atoms with Crippen molar-refractivity contribution in [2.75, 3.05) is 20.1 Å². The molecule has 1 saturated heterocycles. The van der Waals surface area contributed by atoms with E-state index in [0.717, 1.165) is 38.8 Å². The van der Waals surface area contributed by atoms with Crippen LogP contribution in [0.5, 0.6) is 0 Å². The van der Waals surface area contributed by atoms with Crippen molar-refractivity contribution in [3.8, 4) is 0 Å². The van der Waals surface area contributed by atoms with Gasteiger partial charge in [0, 0.05) is 44.1 Å². The summed E-state index contributed by atoms with van der Waals surface area (Å²) in [7, 11) is 1.77. The Kier molecular flexibility index (Phi) is 12.5. The first-order valence-electron chi connectivity index (χ1n) is 14.2. The van der Waals surface area contributed by atoms with Crippen molar-refractivity contribution in [1.82, 2.24) is 30.0 Å². The first-order chi connectivity index (χ1) is 17.9. The van der Waals surface area contributed by atoms with Gasteiger partial charge in [-0.1, -0.05) is 40.2 Å². The third-order valence-electron chi connectivity index (χ3n) is 7.44. The summed E-state index contributed by atoms with van der Waals surface area (Å²) in [6.45, 7) is 16.2. The maximum atomic E-state index is 13.7. The molecule has 0 saturated carbocycles. The molecule has 1 aliphatic rings. The molecule has 2 N–H and O–H groups in total. The molecule has 9 nitrogen and oxygen atoms in total. The number of aromatic nitrogens is 2. The number of likely N-dealkylation sites (N-methyl/N-ethyl adjacent to an activating group) is 1. The average molecular weight is 531 g/mol. The lowest BCUT2D eigenvalue weighted by molar-refractivity contribution is -0.140. The second-order valence-corrected chi connectivity index (χ2v) is 11.5. The van der Waals surface area contributed by atoms with Gasteiger partial charge in [-0.25, -0.2) is 4.98 Å². The lowest BCUT2D eigenvalue weighted by Crippen LogP contribution is -2.58. The van der Waals surface area contributed by atoms with Gasteiger partial charge in [-0.2, -0.15) is 0 Å². The summed E-state index contributed by atoms with van der Waals surface area (Å²) in [5, 5.41) is 6.06. The van der Waals surface area contributed by atoms with Crippen molar-refractivity contribution >= 4 is 17.7 Å². The van der Waals surface area contributed by atoms with Crippen molar-refractivity contribution in [2.45, 2.75) is 105 Å². The molecule has 3 amide bonds. The van der Waals surface area contributed by atoms with Gasteiger partial charge in [-0.05, 0) is 58.4 Å². The van der Waals surface area contributed by atoms with Gasteiger partial charge in [0.05, 0.1) is 18.4 Å². The van der Waals surface area contributed by atoms with Crippen LogP contribution in [0.4, 0.5) is 0 Å². The number of hydrogen-bond acceptors (Lipinski definition) is 5. The van der Waals surface area contributed by atoms with Crippen LogP contribution in [0.3, 0.4) is 0 Å². The van der Waals surface area contributed by atoms with Crippen LogP contribution in [0, 0.1) is 11.8 Å². The zero-order chi connectivity index (χ0) is 28.4. The summed E-state index contributed by atoms with van der Waals surface area (Å²) in [6.07, 6.45) is 11.0. The first-order valence-corrected chi connectivity index (χ1v) is 14.2. The van der Waals surface area contributed by atoms with Crippen molar-refractivity contribution in [1.29, 1.82) is 0 Å². The zero-order valence-corrected chi connectivity index (χ0v) is 24.7. The molecular formula is C29H50N6O3. The summed E-state index contributed by atoms with van der Waals surface area (Å²) in [5.74, 6) is -0.319. The Morgan fingerprint density at radius 1 is 1.11 bits per heavy atom. The van der Waals surface area contributed by atoms with Gasteiger partial charge in [-0.3, -0.25) is 19.3 Å². The maximum Gasteiger partial charge on any atom is 0.246 e. The molecule has 0 radical (unpaired) electrons. The minimum absolute atomic E-state index is 0.0678. The van der Waals surface area contributed by atoms with Crippen LogP contribution in [0.2, 0.25) is 0 Å². The molecule has 1 aliphatic heterocycles. The number of hydrogen-bond donors (Lipinski definition) is 2. The predicted octanol–water partition coefficient (Wildman–Crippen LogP) is 3.22. The molecule has 9 heteroatoms. The summed E-state index contributed by atoms with van der Waals surface area (Å²) in [6, 6.07) is -0.837. The zero-order valence-electron chi connectivity index (χ0n) is 24.7. The standard InChI is InChI=1S/C29H50N6O3/c1-20(2)25(18-23(7)27(36)31-13-11-15-34-17-14-30-19-34)33(8)29(38)26(21(3)4)32-28(37)24-12-9-10-16-35(24)22(5)6/h14,17-22,24-26H,9-13,15-16H2,1-8H3,(H,31,36)(H,32,37)/b23-18+/t24-,25-,26+/m1/s1. The number of piperidine rings is 1. The first kappa shape index (κ1) is 31.5. The van der Waals surface area contributed by atoms with Crippen molar-refractivity contribution in [3.63, 3.8) is 0 Å². The van der Waals surface area contributed by atoms with Crippen LogP contribution in [-0.2, 0) is 20.9 Å². The minimum Gasteiger partial charge on any atom is -0.352 e. The Morgan fingerprint density at radius 3 is 2.39 bits per heavy atom. The van der Waals surface area contributed by atoms with E-state index in [9.17, 15) is 14.4 Å². The minimum atomic E-state index is -0.629. The van der Waals surface area contributed by atoms with Gasteiger partial charge < -0.3 is 20.1 Å². The van der Waals surface area contributed by atoms with E-state index in [0.29, 0.717) is 12.1 Å². The number of carbonyl (C=O) groups excluding carboxylic acids is 3. The summed E-state index contributed by atoms with van der Waals surface area (Å²) >= 11 is 0. The largest absolute Gasteiger partial charge is 0.352 e. The Labute approximate surface area is 229 Å². The average Bonchev–Trinajstić information content (AvgIpc) is 3.40. The van der Waals surface area contributed by atoms with Crippen LogP contribution in [0.15, 0.2) is 30.4 Å². The van der Waals surface area contributed by atoms with Gasteiger partial charge in [0.15, 0.2) is 0 Å². The fraction of sp³-hybridized carbons (Fsp3) is 0.724.